The second-order valence-electron chi connectivity index (χ2n) is 7.08. The van der Waals surface area contributed by atoms with Gasteiger partial charge in [0, 0.05) is 51.7 Å². The van der Waals surface area contributed by atoms with Crippen LogP contribution in [0.1, 0.15) is 25.7 Å². The highest BCUT2D eigenvalue weighted by molar-refractivity contribution is 5.32. The molecule has 0 aromatic carbocycles. The topological polar surface area (TPSA) is 46.6 Å². The molecule has 4 rings (SSSR count). The minimum Gasteiger partial charge on any atom is -0.381 e. The first-order chi connectivity index (χ1) is 11.4. The van der Waals surface area contributed by atoms with E-state index in [2.05, 4.69) is 15.2 Å². The Bertz CT molecular complexity index is 498. The highest BCUT2D eigenvalue weighted by Gasteiger charge is 2.53. The van der Waals surface area contributed by atoms with Crippen LogP contribution in [0.3, 0.4) is 0 Å². The summed E-state index contributed by atoms with van der Waals surface area (Å²) in [5, 5.41) is 3.44. The molecular weight excluding hydrogens is 290 g/mol. The van der Waals surface area contributed by atoms with Gasteiger partial charge >= 0.3 is 0 Å². The third-order valence-electron chi connectivity index (χ3n) is 5.71. The largest absolute Gasteiger partial charge is 0.381 e. The zero-order chi connectivity index (χ0) is 15.5. The van der Waals surface area contributed by atoms with Gasteiger partial charge in [0.2, 0.25) is 0 Å². The Morgan fingerprint density at radius 2 is 2.04 bits per heavy atom. The predicted octanol–water partition coefficient (Wildman–Crippen LogP) is 2.15. The van der Waals surface area contributed by atoms with E-state index in [0.717, 1.165) is 51.7 Å². The van der Waals surface area contributed by atoms with E-state index in [1.807, 2.05) is 24.4 Å². The first-order valence-electron chi connectivity index (χ1n) is 8.96. The number of likely N-dealkylation sites (tertiary alicyclic amines) is 1. The molecule has 3 saturated heterocycles. The molecule has 3 aliphatic rings. The maximum atomic E-state index is 6.20. The van der Waals surface area contributed by atoms with E-state index in [1.165, 1.54) is 19.3 Å². The van der Waals surface area contributed by atoms with Crippen molar-refractivity contribution in [3.8, 4) is 0 Å². The van der Waals surface area contributed by atoms with E-state index in [0.29, 0.717) is 12.0 Å². The molecule has 4 heterocycles. The fraction of sp³-hybridized carbons (Fsp3) is 0.722. The van der Waals surface area contributed by atoms with Crippen LogP contribution < -0.4 is 5.32 Å². The van der Waals surface area contributed by atoms with Crippen LogP contribution >= 0.6 is 0 Å². The number of pyridine rings is 1. The molecule has 0 radical (unpaired) electrons. The Morgan fingerprint density at radius 3 is 2.83 bits per heavy atom. The molecule has 0 aliphatic carbocycles. The Morgan fingerprint density at radius 1 is 1.17 bits per heavy atom. The number of hydrogen-bond acceptors (Lipinski definition) is 5. The minimum absolute atomic E-state index is 0.129. The fourth-order valence-corrected chi connectivity index (χ4v) is 4.33. The normalized spacial score (nSPS) is 27.9. The molecule has 126 valence electrons. The Kier molecular flexibility index (Phi) is 4.51. The lowest BCUT2D eigenvalue weighted by Crippen LogP contribution is -2.67. The summed E-state index contributed by atoms with van der Waals surface area (Å²) in [4.78, 5) is 6.94. The van der Waals surface area contributed by atoms with Crippen LogP contribution in [-0.2, 0) is 9.47 Å². The molecule has 0 amide bonds. The molecule has 5 heteroatoms. The summed E-state index contributed by atoms with van der Waals surface area (Å²) in [6, 6.07) is 6.71. The summed E-state index contributed by atoms with van der Waals surface area (Å²) in [5.74, 6) is 1.65. The van der Waals surface area contributed by atoms with Gasteiger partial charge in [0.25, 0.3) is 0 Å². The van der Waals surface area contributed by atoms with Crippen molar-refractivity contribution in [2.75, 3.05) is 44.8 Å². The van der Waals surface area contributed by atoms with E-state index >= 15 is 0 Å². The summed E-state index contributed by atoms with van der Waals surface area (Å²) in [6.45, 7) is 5.98. The first kappa shape index (κ1) is 15.4. The SMILES string of the molecule is c1ccc(NCCC2CCOC23CN(C2CCOCC2)C3)nc1. The second kappa shape index (κ2) is 6.75. The molecular formula is C18H27N3O2. The van der Waals surface area contributed by atoms with Gasteiger partial charge in [-0.05, 0) is 43.7 Å². The molecule has 23 heavy (non-hydrogen) atoms. The highest BCUT2D eigenvalue weighted by atomic mass is 16.5. The van der Waals surface area contributed by atoms with Crippen molar-refractivity contribution in [2.45, 2.75) is 37.3 Å². The van der Waals surface area contributed by atoms with E-state index in [9.17, 15) is 0 Å². The lowest BCUT2D eigenvalue weighted by Gasteiger charge is -2.54. The molecule has 0 saturated carbocycles. The quantitative estimate of drug-likeness (QED) is 0.902. The van der Waals surface area contributed by atoms with Gasteiger partial charge in [-0.1, -0.05) is 6.07 Å². The number of nitrogens with zero attached hydrogens (tertiary/aromatic N) is 2. The third-order valence-corrected chi connectivity index (χ3v) is 5.71. The van der Waals surface area contributed by atoms with Gasteiger partial charge in [-0.2, -0.15) is 0 Å². The zero-order valence-corrected chi connectivity index (χ0v) is 13.7. The Labute approximate surface area is 138 Å². The van der Waals surface area contributed by atoms with E-state index in [1.54, 1.807) is 0 Å². The van der Waals surface area contributed by atoms with Crippen molar-refractivity contribution in [3.63, 3.8) is 0 Å². The molecule has 3 fully saturated rings. The molecule has 1 atom stereocenters. The summed E-state index contributed by atoms with van der Waals surface area (Å²) in [6.07, 6.45) is 6.56. The van der Waals surface area contributed by atoms with Crippen molar-refractivity contribution in [1.29, 1.82) is 0 Å². The molecule has 1 unspecified atom stereocenters. The van der Waals surface area contributed by atoms with Crippen molar-refractivity contribution >= 4 is 5.82 Å². The van der Waals surface area contributed by atoms with Crippen LogP contribution in [0.5, 0.6) is 0 Å². The van der Waals surface area contributed by atoms with Crippen LogP contribution in [0.15, 0.2) is 24.4 Å². The molecule has 1 N–H and O–H groups in total. The van der Waals surface area contributed by atoms with Crippen LogP contribution in [0.25, 0.3) is 0 Å². The lowest BCUT2D eigenvalue weighted by molar-refractivity contribution is -0.156. The van der Waals surface area contributed by atoms with E-state index in [4.69, 9.17) is 9.47 Å². The van der Waals surface area contributed by atoms with Crippen molar-refractivity contribution in [1.82, 2.24) is 9.88 Å². The van der Waals surface area contributed by atoms with Gasteiger partial charge < -0.3 is 14.8 Å². The van der Waals surface area contributed by atoms with Crippen LogP contribution in [0, 0.1) is 5.92 Å². The summed E-state index contributed by atoms with van der Waals surface area (Å²) < 4.78 is 11.7. The molecule has 1 spiro atoms. The standard InChI is InChI=1S/C18H27N3O2/c1-2-8-19-17(3-1)20-9-4-15-5-12-23-18(15)13-21(14-18)16-6-10-22-11-7-16/h1-3,8,15-16H,4-7,9-14H2,(H,19,20). The van der Waals surface area contributed by atoms with Gasteiger partial charge in [-0.3, -0.25) is 4.90 Å². The molecule has 5 nitrogen and oxygen atoms in total. The zero-order valence-electron chi connectivity index (χ0n) is 13.7. The lowest BCUT2D eigenvalue weighted by atomic mass is 9.77. The number of anilines is 1. The van der Waals surface area contributed by atoms with E-state index in [-0.39, 0.29) is 5.60 Å². The summed E-state index contributed by atoms with van der Waals surface area (Å²) in [7, 11) is 0. The van der Waals surface area contributed by atoms with Crippen LogP contribution in [0.4, 0.5) is 5.82 Å². The van der Waals surface area contributed by atoms with Gasteiger partial charge in [0.15, 0.2) is 0 Å². The smallest absolute Gasteiger partial charge is 0.125 e. The van der Waals surface area contributed by atoms with Crippen molar-refractivity contribution < 1.29 is 9.47 Å². The predicted molar refractivity (Wildman–Crippen MR) is 89.5 cm³/mol. The average molecular weight is 317 g/mol. The van der Waals surface area contributed by atoms with Gasteiger partial charge in [0.1, 0.15) is 5.82 Å². The van der Waals surface area contributed by atoms with Crippen molar-refractivity contribution in [3.05, 3.63) is 24.4 Å². The van der Waals surface area contributed by atoms with Crippen LogP contribution in [-0.4, -0.2) is 61.0 Å². The van der Waals surface area contributed by atoms with Crippen LogP contribution in [0.2, 0.25) is 0 Å². The first-order valence-corrected chi connectivity index (χ1v) is 8.96. The highest BCUT2D eigenvalue weighted by Crippen LogP contribution is 2.43. The molecule has 1 aromatic rings. The van der Waals surface area contributed by atoms with Gasteiger partial charge in [0.05, 0.1) is 5.60 Å². The Hall–Kier alpha value is -1.17. The number of aromatic nitrogens is 1. The molecule has 0 bridgehead atoms. The maximum Gasteiger partial charge on any atom is 0.125 e. The minimum atomic E-state index is 0.129. The fourth-order valence-electron chi connectivity index (χ4n) is 4.33. The monoisotopic (exact) mass is 317 g/mol. The van der Waals surface area contributed by atoms with Gasteiger partial charge in [-0.15, -0.1) is 0 Å². The number of rotatable bonds is 5. The summed E-state index contributed by atoms with van der Waals surface area (Å²) >= 11 is 0. The Balaban J connectivity index is 1.26. The van der Waals surface area contributed by atoms with E-state index < -0.39 is 0 Å². The number of hydrogen-bond donors (Lipinski definition) is 1. The number of nitrogens with one attached hydrogen (secondary N) is 1. The summed E-state index contributed by atoms with van der Waals surface area (Å²) in [5.41, 5.74) is 0.129. The van der Waals surface area contributed by atoms with Gasteiger partial charge in [-0.25, -0.2) is 4.98 Å². The third kappa shape index (κ3) is 3.23. The maximum absolute atomic E-state index is 6.20. The average Bonchev–Trinajstić information content (AvgIpc) is 2.99. The molecule has 1 aromatic heterocycles. The number of ether oxygens (including phenoxy) is 2. The van der Waals surface area contributed by atoms with Crippen molar-refractivity contribution in [2.24, 2.45) is 5.92 Å². The molecule has 3 aliphatic heterocycles. The second-order valence-corrected chi connectivity index (χ2v) is 7.08.